The molecule has 0 aromatic carbocycles. The molecule has 0 aliphatic carbocycles. The van der Waals surface area contributed by atoms with Crippen molar-refractivity contribution in [3.05, 3.63) is 27.7 Å². The number of thiophene rings is 1. The topological polar surface area (TPSA) is 92.9 Å². The smallest absolute Gasteiger partial charge is 0.314 e. The van der Waals surface area contributed by atoms with Gasteiger partial charge in [-0.1, -0.05) is 0 Å². The number of carbonyl (C=O) groups is 1. The predicted molar refractivity (Wildman–Crippen MR) is 109 cm³/mol. The van der Waals surface area contributed by atoms with Gasteiger partial charge < -0.3 is 19.5 Å². The summed E-state index contributed by atoms with van der Waals surface area (Å²) in [6.45, 7) is 5.65. The molecule has 3 aliphatic rings. The number of likely N-dealkylation sites (tertiary alicyclic amines) is 2. The van der Waals surface area contributed by atoms with Crippen molar-refractivity contribution in [3.63, 3.8) is 0 Å². The molecule has 5 rings (SSSR count). The Bertz CT molecular complexity index is 961. The van der Waals surface area contributed by atoms with E-state index in [0.29, 0.717) is 19.1 Å². The van der Waals surface area contributed by atoms with E-state index in [1.165, 1.54) is 22.2 Å². The van der Waals surface area contributed by atoms with Gasteiger partial charge in [-0.05, 0) is 23.9 Å². The molecule has 0 unspecified atom stereocenters. The number of aliphatic hydroxyl groups is 1. The van der Waals surface area contributed by atoms with Gasteiger partial charge in [0.15, 0.2) is 0 Å². The number of ether oxygens (including phenoxy) is 2. The lowest BCUT2D eigenvalue weighted by Gasteiger charge is -2.40. The number of methoxy groups -OCH3 is 1. The molecule has 2 aromatic rings. The molecule has 3 fully saturated rings. The van der Waals surface area contributed by atoms with Gasteiger partial charge in [-0.25, -0.2) is 4.68 Å². The van der Waals surface area contributed by atoms with Crippen LogP contribution in [0.4, 0.5) is 0 Å². The van der Waals surface area contributed by atoms with Crippen LogP contribution in [0.2, 0.25) is 0 Å². The monoisotopic (exact) mass is 433 g/mol. The van der Waals surface area contributed by atoms with E-state index in [4.69, 9.17) is 9.47 Å². The van der Waals surface area contributed by atoms with Crippen molar-refractivity contribution in [1.29, 1.82) is 0 Å². The first-order chi connectivity index (χ1) is 14.4. The zero-order valence-electron chi connectivity index (χ0n) is 17.4. The number of carbonyl (C=O) groups excluding carboxylic acids is 1. The maximum Gasteiger partial charge on any atom is 0.314 e. The third-order valence-electron chi connectivity index (χ3n) is 6.79. The second-order valence-electron chi connectivity index (χ2n) is 8.60. The largest absolute Gasteiger partial charge is 0.467 e. The molecule has 30 heavy (non-hydrogen) atoms. The van der Waals surface area contributed by atoms with Gasteiger partial charge in [0, 0.05) is 56.5 Å². The molecule has 3 aliphatic heterocycles. The Kier molecular flexibility index (Phi) is 4.85. The quantitative estimate of drug-likeness (QED) is 0.735. The fourth-order valence-corrected chi connectivity index (χ4v) is 6.30. The van der Waals surface area contributed by atoms with Crippen molar-refractivity contribution < 1.29 is 19.4 Å². The average Bonchev–Trinajstić information content (AvgIpc) is 3.43. The van der Waals surface area contributed by atoms with Crippen LogP contribution >= 0.6 is 11.3 Å². The summed E-state index contributed by atoms with van der Waals surface area (Å²) in [6, 6.07) is 2.45. The van der Waals surface area contributed by atoms with Crippen LogP contribution in [0.15, 0.2) is 11.4 Å². The van der Waals surface area contributed by atoms with E-state index in [-0.39, 0.29) is 36.3 Å². The Labute approximate surface area is 179 Å². The van der Waals surface area contributed by atoms with Crippen LogP contribution in [0.1, 0.15) is 21.1 Å². The van der Waals surface area contributed by atoms with Crippen LogP contribution < -0.4 is 4.74 Å². The van der Waals surface area contributed by atoms with Crippen LogP contribution in [-0.4, -0.2) is 87.2 Å². The van der Waals surface area contributed by atoms with Crippen molar-refractivity contribution in [3.8, 4) is 6.01 Å². The number of hydrogen-bond donors (Lipinski definition) is 1. The molecule has 162 valence electrons. The summed E-state index contributed by atoms with van der Waals surface area (Å²) in [4.78, 5) is 22.9. The summed E-state index contributed by atoms with van der Waals surface area (Å²) in [5.41, 5.74) is 0.860. The molecule has 9 nitrogen and oxygen atoms in total. The van der Waals surface area contributed by atoms with Crippen LogP contribution in [0.3, 0.4) is 0 Å². The number of nitrogens with zero attached hydrogens (tertiary/aromatic N) is 5. The lowest BCUT2D eigenvalue weighted by atomic mass is 9.83. The molecule has 1 spiro atoms. The summed E-state index contributed by atoms with van der Waals surface area (Å²) in [5.74, 6) is 0.153. The third kappa shape index (κ3) is 3.05. The van der Waals surface area contributed by atoms with Gasteiger partial charge in [-0.15, -0.1) is 16.4 Å². The van der Waals surface area contributed by atoms with E-state index in [1.807, 2.05) is 0 Å². The highest BCUT2D eigenvalue weighted by atomic mass is 32.1. The summed E-state index contributed by atoms with van der Waals surface area (Å²) in [5, 5.41) is 16.5. The van der Waals surface area contributed by atoms with Crippen molar-refractivity contribution in [2.24, 2.45) is 18.9 Å². The molecule has 5 heterocycles. The normalized spacial score (nSPS) is 30.7. The molecule has 0 saturated carbocycles. The van der Waals surface area contributed by atoms with Crippen molar-refractivity contribution >= 4 is 17.2 Å². The predicted octanol–water partition coefficient (Wildman–Crippen LogP) is 0.528. The number of morpholine rings is 1. The molecule has 1 amide bonds. The molecule has 10 heteroatoms. The Hall–Kier alpha value is -2.01. The maximum atomic E-state index is 13.2. The van der Waals surface area contributed by atoms with Crippen LogP contribution in [0, 0.1) is 18.8 Å². The number of aryl methyl sites for hydroxylation is 2. The fourth-order valence-electron chi connectivity index (χ4n) is 5.35. The minimum Gasteiger partial charge on any atom is -0.467 e. The Morgan fingerprint density at radius 3 is 2.93 bits per heavy atom. The molecular formula is C20H27N5O4S. The lowest BCUT2D eigenvalue weighted by Crippen LogP contribution is -2.55. The van der Waals surface area contributed by atoms with Gasteiger partial charge in [-0.3, -0.25) is 9.69 Å². The van der Waals surface area contributed by atoms with Gasteiger partial charge in [0.05, 0.1) is 19.8 Å². The summed E-state index contributed by atoms with van der Waals surface area (Å²) in [6.07, 6.45) is -0.158. The van der Waals surface area contributed by atoms with E-state index in [0.717, 1.165) is 19.6 Å². The highest BCUT2D eigenvalue weighted by molar-refractivity contribution is 7.10. The highest BCUT2D eigenvalue weighted by Crippen LogP contribution is 2.49. The molecule has 3 saturated heterocycles. The summed E-state index contributed by atoms with van der Waals surface area (Å²) < 4.78 is 13.1. The van der Waals surface area contributed by atoms with E-state index >= 15 is 0 Å². The number of rotatable bonds is 5. The van der Waals surface area contributed by atoms with Crippen molar-refractivity contribution in [1.82, 2.24) is 24.6 Å². The molecular weight excluding hydrogens is 406 g/mol. The van der Waals surface area contributed by atoms with E-state index in [9.17, 15) is 9.90 Å². The molecule has 4 atom stereocenters. The first-order valence-electron chi connectivity index (χ1n) is 10.2. The number of fused-ring (bicyclic) bond motifs is 1. The number of aliphatic hydroxyl groups excluding tert-OH is 1. The minimum atomic E-state index is -0.448. The number of hydrogen-bond acceptors (Lipinski definition) is 8. The summed E-state index contributed by atoms with van der Waals surface area (Å²) >= 11 is 1.77. The van der Waals surface area contributed by atoms with Gasteiger partial charge in [-0.2, -0.15) is 4.98 Å². The number of amides is 1. The summed E-state index contributed by atoms with van der Waals surface area (Å²) in [7, 11) is 3.20. The third-order valence-corrected chi connectivity index (χ3v) is 7.80. The molecule has 2 bridgehead atoms. The van der Waals surface area contributed by atoms with Gasteiger partial charge >= 0.3 is 6.01 Å². The van der Waals surface area contributed by atoms with Crippen LogP contribution in [0.5, 0.6) is 6.01 Å². The average molecular weight is 434 g/mol. The zero-order chi connectivity index (χ0) is 21.0. The zero-order valence-corrected chi connectivity index (χ0v) is 18.3. The second-order valence-corrected chi connectivity index (χ2v) is 9.60. The maximum absolute atomic E-state index is 13.2. The Morgan fingerprint density at radius 2 is 2.27 bits per heavy atom. The van der Waals surface area contributed by atoms with E-state index in [2.05, 4.69) is 33.4 Å². The fraction of sp³-hybridized carbons (Fsp3) is 0.650. The van der Waals surface area contributed by atoms with Crippen LogP contribution in [0.25, 0.3) is 0 Å². The Balaban J connectivity index is 1.38. The SMILES string of the molecule is COc1nc(C(=O)N2C[C@H]3O[C@@]4(CN(Cc5sccc5C)C[C@@H]4[C@@H]3CO)C2)nn1C. The van der Waals surface area contributed by atoms with Crippen molar-refractivity contribution in [2.75, 3.05) is 39.9 Å². The van der Waals surface area contributed by atoms with Gasteiger partial charge in [0.25, 0.3) is 5.91 Å². The highest BCUT2D eigenvalue weighted by Gasteiger charge is 2.62. The van der Waals surface area contributed by atoms with E-state index in [1.54, 1.807) is 23.3 Å². The lowest BCUT2D eigenvalue weighted by molar-refractivity contribution is -0.108. The molecule has 0 radical (unpaired) electrons. The number of aromatic nitrogens is 3. The standard InChI is InChI=1S/C20H27N5O4S/c1-12-4-5-30-16(12)8-24-6-14-13(9-26)15-7-25(11-20(14,10-24)29-15)18(27)17-21-19(28-3)23(2)22-17/h4-5,13-15,26H,6-11H2,1-3H3/t13-,14+,15+,20-/m0/s1. The first kappa shape index (κ1) is 19.9. The first-order valence-corrected chi connectivity index (χ1v) is 11.1. The minimum absolute atomic E-state index is 0.0310. The molecule has 1 N–H and O–H groups in total. The van der Waals surface area contributed by atoms with Crippen LogP contribution in [-0.2, 0) is 18.3 Å². The molecule has 2 aromatic heterocycles. The van der Waals surface area contributed by atoms with Crippen molar-refractivity contribution in [2.45, 2.75) is 25.2 Å². The van der Waals surface area contributed by atoms with Gasteiger partial charge in [0.2, 0.25) is 5.82 Å². The second kappa shape index (κ2) is 7.30. The van der Waals surface area contributed by atoms with E-state index < -0.39 is 5.60 Å². The van der Waals surface area contributed by atoms with Gasteiger partial charge in [0.1, 0.15) is 5.60 Å². The Morgan fingerprint density at radius 1 is 1.43 bits per heavy atom.